The van der Waals surface area contributed by atoms with Crippen LogP contribution in [0.4, 0.5) is 13.2 Å². The summed E-state index contributed by atoms with van der Waals surface area (Å²) < 4.78 is 51.4. The molecule has 0 saturated heterocycles. The molecule has 2 aromatic rings. The van der Waals surface area contributed by atoms with Crippen molar-refractivity contribution in [3.8, 4) is 17.2 Å². The van der Waals surface area contributed by atoms with Crippen molar-refractivity contribution in [1.29, 1.82) is 0 Å². The average molecular weight is 355 g/mol. The molecule has 2 rings (SSSR count). The minimum atomic E-state index is -4.33. The van der Waals surface area contributed by atoms with Gasteiger partial charge in [-0.15, -0.1) is 0 Å². The Morgan fingerprint density at radius 1 is 0.840 bits per heavy atom. The van der Waals surface area contributed by atoms with E-state index < -0.39 is 12.8 Å². The second-order valence-corrected chi connectivity index (χ2v) is 5.34. The van der Waals surface area contributed by atoms with Crippen molar-refractivity contribution in [3.05, 3.63) is 53.6 Å². The number of ether oxygens (including phenoxy) is 3. The van der Waals surface area contributed by atoms with Crippen molar-refractivity contribution in [2.45, 2.75) is 19.3 Å². The molecule has 0 aliphatic rings. The zero-order chi connectivity index (χ0) is 18.3. The first-order valence-electron chi connectivity index (χ1n) is 7.61. The van der Waals surface area contributed by atoms with Crippen LogP contribution in [-0.4, -0.2) is 27.0 Å². The number of hydrogen-bond donors (Lipinski definition) is 1. The number of rotatable bonds is 8. The fourth-order valence-electron chi connectivity index (χ4n) is 2.21. The minimum absolute atomic E-state index is 0.195. The van der Waals surface area contributed by atoms with Gasteiger partial charge in [0.25, 0.3) is 0 Å². The van der Waals surface area contributed by atoms with E-state index >= 15 is 0 Å². The summed E-state index contributed by atoms with van der Waals surface area (Å²) in [7, 11) is 3.16. The lowest BCUT2D eigenvalue weighted by molar-refractivity contribution is -0.153. The summed E-state index contributed by atoms with van der Waals surface area (Å²) in [5.41, 5.74) is 1.97. The predicted molar refractivity (Wildman–Crippen MR) is 88.1 cm³/mol. The number of hydrogen-bond acceptors (Lipinski definition) is 4. The third-order valence-electron chi connectivity index (χ3n) is 3.43. The maximum Gasteiger partial charge on any atom is 0.422 e. The lowest BCUT2D eigenvalue weighted by Crippen LogP contribution is -2.19. The Morgan fingerprint density at radius 2 is 1.44 bits per heavy atom. The van der Waals surface area contributed by atoms with E-state index in [1.165, 1.54) is 12.1 Å². The van der Waals surface area contributed by atoms with Crippen LogP contribution in [0.3, 0.4) is 0 Å². The number of nitrogens with one attached hydrogen (secondary N) is 1. The first kappa shape index (κ1) is 18.9. The maximum atomic E-state index is 12.1. The van der Waals surface area contributed by atoms with Crippen molar-refractivity contribution in [2.75, 3.05) is 20.8 Å². The molecule has 0 amide bonds. The van der Waals surface area contributed by atoms with E-state index in [0.717, 1.165) is 11.1 Å². The first-order chi connectivity index (χ1) is 11.9. The van der Waals surface area contributed by atoms with Gasteiger partial charge in [0.15, 0.2) is 18.1 Å². The van der Waals surface area contributed by atoms with Crippen LogP contribution in [-0.2, 0) is 13.1 Å². The molecule has 2 aromatic carbocycles. The number of alkyl halides is 3. The Morgan fingerprint density at radius 3 is 2.04 bits per heavy atom. The smallest absolute Gasteiger partial charge is 0.422 e. The first-order valence-corrected chi connectivity index (χ1v) is 7.61. The fourth-order valence-corrected chi connectivity index (χ4v) is 2.21. The van der Waals surface area contributed by atoms with Gasteiger partial charge in [0.05, 0.1) is 14.2 Å². The van der Waals surface area contributed by atoms with Crippen molar-refractivity contribution < 1.29 is 27.4 Å². The Labute approximate surface area is 144 Å². The molecule has 7 heteroatoms. The van der Waals surface area contributed by atoms with Crippen LogP contribution in [0.5, 0.6) is 17.2 Å². The number of halogens is 3. The molecule has 0 aromatic heterocycles. The SMILES string of the molecule is COc1ccc(CNCc2ccc(OCC(F)(F)F)cc2)cc1OC. The molecule has 0 aliphatic carbocycles. The lowest BCUT2D eigenvalue weighted by atomic mass is 10.2. The number of benzene rings is 2. The normalized spacial score (nSPS) is 11.2. The molecule has 0 saturated carbocycles. The Bertz CT molecular complexity index is 672. The molecule has 0 fully saturated rings. The molecule has 0 unspecified atom stereocenters. The maximum absolute atomic E-state index is 12.1. The number of methoxy groups -OCH3 is 2. The average Bonchev–Trinajstić information content (AvgIpc) is 2.60. The molecule has 0 bridgehead atoms. The predicted octanol–water partition coefficient (Wildman–Crippen LogP) is 3.93. The molecular formula is C18H20F3NO3. The van der Waals surface area contributed by atoms with Gasteiger partial charge >= 0.3 is 6.18 Å². The van der Waals surface area contributed by atoms with Gasteiger partial charge in [-0.1, -0.05) is 18.2 Å². The molecule has 1 N–H and O–H groups in total. The summed E-state index contributed by atoms with van der Waals surface area (Å²) in [6.07, 6.45) is -4.33. The van der Waals surface area contributed by atoms with Gasteiger partial charge in [0.2, 0.25) is 0 Å². The molecule has 25 heavy (non-hydrogen) atoms. The summed E-state index contributed by atoms with van der Waals surface area (Å²) in [5, 5.41) is 3.27. The quantitative estimate of drug-likeness (QED) is 0.779. The highest BCUT2D eigenvalue weighted by Gasteiger charge is 2.28. The highest BCUT2D eigenvalue weighted by atomic mass is 19.4. The Balaban J connectivity index is 1.83. The molecule has 0 spiro atoms. The van der Waals surface area contributed by atoms with Crippen LogP contribution >= 0.6 is 0 Å². The van der Waals surface area contributed by atoms with E-state index in [0.29, 0.717) is 24.6 Å². The molecule has 0 radical (unpaired) electrons. The largest absolute Gasteiger partial charge is 0.493 e. The lowest BCUT2D eigenvalue weighted by Gasteiger charge is -2.11. The van der Waals surface area contributed by atoms with Gasteiger partial charge < -0.3 is 19.5 Å². The molecule has 0 atom stereocenters. The molecular weight excluding hydrogens is 335 g/mol. The van der Waals surface area contributed by atoms with Crippen LogP contribution in [0, 0.1) is 0 Å². The van der Waals surface area contributed by atoms with Crippen LogP contribution in [0.15, 0.2) is 42.5 Å². The fraction of sp³-hybridized carbons (Fsp3) is 0.333. The van der Waals surface area contributed by atoms with Gasteiger partial charge in [-0.05, 0) is 35.4 Å². The summed E-state index contributed by atoms with van der Waals surface area (Å²) >= 11 is 0. The van der Waals surface area contributed by atoms with Gasteiger partial charge in [-0.25, -0.2) is 0 Å². The van der Waals surface area contributed by atoms with E-state index in [-0.39, 0.29) is 5.75 Å². The zero-order valence-corrected chi connectivity index (χ0v) is 14.0. The van der Waals surface area contributed by atoms with Crippen LogP contribution in [0.1, 0.15) is 11.1 Å². The van der Waals surface area contributed by atoms with Crippen LogP contribution in [0.25, 0.3) is 0 Å². The second-order valence-electron chi connectivity index (χ2n) is 5.34. The Hall–Kier alpha value is -2.41. The van der Waals surface area contributed by atoms with Gasteiger partial charge in [-0.2, -0.15) is 13.2 Å². The highest BCUT2D eigenvalue weighted by Crippen LogP contribution is 2.27. The van der Waals surface area contributed by atoms with Crippen molar-refractivity contribution >= 4 is 0 Å². The molecule has 0 heterocycles. The topological polar surface area (TPSA) is 39.7 Å². The Kier molecular flexibility index (Phi) is 6.52. The van der Waals surface area contributed by atoms with E-state index in [4.69, 9.17) is 9.47 Å². The second kappa shape index (κ2) is 8.62. The van der Waals surface area contributed by atoms with E-state index in [2.05, 4.69) is 10.1 Å². The van der Waals surface area contributed by atoms with Crippen LogP contribution < -0.4 is 19.5 Å². The van der Waals surface area contributed by atoms with E-state index in [1.807, 2.05) is 18.2 Å². The summed E-state index contributed by atoms with van der Waals surface area (Å²) in [5.74, 6) is 1.52. The molecule has 4 nitrogen and oxygen atoms in total. The summed E-state index contributed by atoms with van der Waals surface area (Å²) in [6, 6.07) is 12.2. The van der Waals surface area contributed by atoms with Crippen molar-refractivity contribution in [2.24, 2.45) is 0 Å². The minimum Gasteiger partial charge on any atom is -0.493 e. The highest BCUT2D eigenvalue weighted by molar-refractivity contribution is 5.42. The monoisotopic (exact) mass is 355 g/mol. The molecule has 136 valence electrons. The van der Waals surface area contributed by atoms with Crippen molar-refractivity contribution in [1.82, 2.24) is 5.32 Å². The van der Waals surface area contributed by atoms with E-state index in [1.54, 1.807) is 26.4 Å². The van der Waals surface area contributed by atoms with Gasteiger partial charge in [0.1, 0.15) is 5.75 Å². The van der Waals surface area contributed by atoms with Gasteiger partial charge in [-0.3, -0.25) is 0 Å². The molecule has 0 aliphatic heterocycles. The zero-order valence-electron chi connectivity index (χ0n) is 14.0. The summed E-state index contributed by atoms with van der Waals surface area (Å²) in [6.45, 7) is -0.0928. The summed E-state index contributed by atoms with van der Waals surface area (Å²) in [4.78, 5) is 0. The van der Waals surface area contributed by atoms with Crippen LogP contribution in [0.2, 0.25) is 0 Å². The standard InChI is InChI=1S/C18H20F3NO3/c1-23-16-8-5-14(9-17(16)24-2)11-22-10-13-3-6-15(7-4-13)25-12-18(19,20)21/h3-9,22H,10-12H2,1-2H3. The van der Waals surface area contributed by atoms with Crippen molar-refractivity contribution in [3.63, 3.8) is 0 Å². The van der Waals surface area contributed by atoms with E-state index in [9.17, 15) is 13.2 Å². The third-order valence-corrected chi connectivity index (χ3v) is 3.43. The van der Waals surface area contributed by atoms with Gasteiger partial charge in [0, 0.05) is 13.1 Å². The third kappa shape index (κ3) is 6.19.